The number of ether oxygens (including phenoxy) is 2. The lowest BCUT2D eigenvalue weighted by atomic mass is 9.97. The van der Waals surface area contributed by atoms with Crippen LogP contribution in [0, 0.1) is 0 Å². The number of alkyl halides is 3. The molecule has 1 heterocycles. The van der Waals surface area contributed by atoms with Gasteiger partial charge in [0.2, 0.25) is 0 Å². The van der Waals surface area contributed by atoms with Crippen molar-refractivity contribution in [3.05, 3.63) is 48.5 Å². The molecule has 0 spiro atoms. The minimum Gasteiger partial charge on any atom is -0.480 e. The van der Waals surface area contributed by atoms with E-state index in [1.54, 1.807) is 0 Å². The predicted molar refractivity (Wildman–Crippen MR) is 107 cm³/mol. The zero-order valence-corrected chi connectivity index (χ0v) is 17.5. The molecule has 0 unspecified atom stereocenters. The molecule has 0 radical (unpaired) electrons. The van der Waals surface area contributed by atoms with E-state index >= 15 is 0 Å². The molecule has 170 valence electrons. The fourth-order valence-corrected chi connectivity index (χ4v) is 5.10. The third kappa shape index (κ3) is 5.41. The quantitative estimate of drug-likeness (QED) is 0.647. The SMILES string of the molecule is Cl.O=C(O)C1(S(=O)(=O)c2ccc(Oc3ccc(OC(F)(F)F)cc3)cc2)CCNCC1. The smallest absolute Gasteiger partial charge is 0.480 e. The van der Waals surface area contributed by atoms with E-state index in [9.17, 15) is 31.5 Å². The Morgan fingerprint density at radius 1 is 0.935 bits per heavy atom. The second-order valence-corrected chi connectivity index (χ2v) is 8.91. The lowest BCUT2D eigenvalue weighted by molar-refractivity contribution is -0.274. The van der Waals surface area contributed by atoms with Crippen molar-refractivity contribution in [3.63, 3.8) is 0 Å². The number of carboxylic acid groups (broad SMARTS) is 1. The summed E-state index contributed by atoms with van der Waals surface area (Å²) in [7, 11) is -4.15. The number of halogens is 4. The van der Waals surface area contributed by atoms with Crippen LogP contribution in [-0.2, 0) is 14.6 Å². The van der Waals surface area contributed by atoms with Crippen LogP contribution in [0.15, 0.2) is 53.4 Å². The number of aliphatic carboxylic acids is 1. The molecule has 1 saturated heterocycles. The third-order valence-electron chi connectivity index (χ3n) is 4.74. The second kappa shape index (κ2) is 9.33. The number of rotatable bonds is 6. The molecule has 0 amide bonds. The number of hydrogen-bond acceptors (Lipinski definition) is 6. The van der Waals surface area contributed by atoms with Gasteiger partial charge in [-0.25, -0.2) is 8.42 Å². The van der Waals surface area contributed by atoms with Gasteiger partial charge in [0.05, 0.1) is 4.90 Å². The third-order valence-corrected chi connectivity index (χ3v) is 7.25. The molecule has 0 bridgehead atoms. The van der Waals surface area contributed by atoms with Crippen molar-refractivity contribution in [3.8, 4) is 17.2 Å². The van der Waals surface area contributed by atoms with Gasteiger partial charge in [0.15, 0.2) is 14.6 Å². The van der Waals surface area contributed by atoms with E-state index in [-0.39, 0.29) is 54.7 Å². The van der Waals surface area contributed by atoms with E-state index in [2.05, 4.69) is 10.1 Å². The average molecular weight is 482 g/mol. The summed E-state index contributed by atoms with van der Waals surface area (Å²) in [6.07, 6.45) is -4.89. The van der Waals surface area contributed by atoms with E-state index in [4.69, 9.17) is 4.74 Å². The molecule has 2 N–H and O–H groups in total. The Labute approximate surface area is 182 Å². The molecule has 2 aromatic carbocycles. The van der Waals surface area contributed by atoms with Gasteiger partial charge >= 0.3 is 12.3 Å². The number of sulfone groups is 1. The molecule has 1 aliphatic heterocycles. The highest BCUT2D eigenvalue weighted by atomic mass is 35.5. The molecule has 12 heteroatoms. The van der Waals surface area contributed by atoms with Crippen LogP contribution in [0.5, 0.6) is 17.2 Å². The molecular formula is C19H19ClF3NO6S. The van der Waals surface area contributed by atoms with Gasteiger partial charge in [-0.3, -0.25) is 4.79 Å². The van der Waals surface area contributed by atoms with Crippen LogP contribution in [0.2, 0.25) is 0 Å². The highest BCUT2D eigenvalue weighted by molar-refractivity contribution is 7.93. The summed E-state index contributed by atoms with van der Waals surface area (Å²) in [5.41, 5.74) is 0. The number of carboxylic acids is 1. The maximum absolute atomic E-state index is 13.0. The van der Waals surface area contributed by atoms with E-state index in [1.807, 2.05) is 0 Å². The van der Waals surface area contributed by atoms with Crippen LogP contribution in [0.1, 0.15) is 12.8 Å². The summed E-state index contributed by atoms with van der Waals surface area (Å²) >= 11 is 0. The first-order valence-electron chi connectivity index (χ1n) is 8.86. The Kier molecular flexibility index (Phi) is 7.45. The summed E-state index contributed by atoms with van der Waals surface area (Å²) in [4.78, 5) is 11.7. The van der Waals surface area contributed by atoms with Crippen molar-refractivity contribution in [2.24, 2.45) is 0 Å². The minimum absolute atomic E-state index is 0. The molecule has 1 aliphatic rings. The zero-order valence-electron chi connectivity index (χ0n) is 15.9. The van der Waals surface area contributed by atoms with E-state index in [1.165, 1.54) is 36.4 Å². The normalized spacial score (nSPS) is 16.1. The zero-order chi connectivity index (χ0) is 22.0. The summed E-state index contributed by atoms with van der Waals surface area (Å²) < 4.78 is 70.0. The Balaban J connectivity index is 0.00000341. The molecule has 1 fully saturated rings. The van der Waals surface area contributed by atoms with Crippen LogP contribution in [-0.4, -0.2) is 43.7 Å². The van der Waals surface area contributed by atoms with Gasteiger partial charge in [-0.05, 0) is 74.5 Å². The Bertz CT molecular complexity index is 1000. The maximum Gasteiger partial charge on any atom is 0.573 e. The summed E-state index contributed by atoms with van der Waals surface area (Å²) in [5.74, 6) is -1.35. The Hall–Kier alpha value is -2.50. The molecule has 31 heavy (non-hydrogen) atoms. The fourth-order valence-electron chi connectivity index (χ4n) is 3.19. The van der Waals surface area contributed by atoms with Crippen molar-refractivity contribution >= 4 is 28.2 Å². The second-order valence-electron chi connectivity index (χ2n) is 6.65. The van der Waals surface area contributed by atoms with Crippen molar-refractivity contribution in [2.45, 2.75) is 28.8 Å². The first kappa shape index (κ1) is 24.8. The van der Waals surface area contributed by atoms with Crippen LogP contribution < -0.4 is 14.8 Å². The number of nitrogens with one attached hydrogen (secondary N) is 1. The van der Waals surface area contributed by atoms with E-state index in [0.717, 1.165) is 12.1 Å². The number of hydrogen-bond donors (Lipinski definition) is 2. The van der Waals surface area contributed by atoms with Crippen LogP contribution in [0.25, 0.3) is 0 Å². The van der Waals surface area contributed by atoms with E-state index in [0.29, 0.717) is 0 Å². The van der Waals surface area contributed by atoms with Gasteiger partial charge in [0, 0.05) is 0 Å². The topological polar surface area (TPSA) is 102 Å². The lowest BCUT2D eigenvalue weighted by Gasteiger charge is -2.33. The summed E-state index contributed by atoms with van der Waals surface area (Å²) in [6, 6.07) is 9.88. The predicted octanol–water partition coefficient (Wildman–Crippen LogP) is 3.78. The molecule has 7 nitrogen and oxygen atoms in total. The maximum atomic E-state index is 13.0. The molecule has 0 aliphatic carbocycles. The van der Waals surface area contributed by atoms with Gasteiger partial charge in [-0.15, -0.1) is 25.6 Å². The van der Waals surface area contributed by atoms with Gasteiger partial charge in [0.1, 0.15) is 17.2 Å². The average Bonchev–Trinajstić information content (AvgIpc) is 2.69. The van der Waals surface area contributed by atoms with Crippen molar-refractivity contribution < 1.29 is 41.0 Å². The molecule has 0 aromatic heterocycles. The summed E-state index contributed by atoms with van der Waals surface area (Å²) in [6.45, 7) is 0.557. The highest BCUT2D eigenvalue weighted by Gasteiger charge is 2.52. The number of piperidine rings is 1. The van der Waals surface area contributed by atoms with Crippen LogP contribution in [0.3, 0.4) is 0 Å². The van der Waals surface area contributed by atoms with Crippen molar-refractivity contribution in [1.29, 1.82) is 0 Å². The highest BCUT2D eigenvalue weighted by Crippen LogP contribution is 2.35. The van der Waals surface area contributed by atoms with Gasteiger partial charge < -0.3 is 19.9 Å². The van der Waals surface area contributed by atoms with Gasteiger partial charge in [0.25, 0.3) is 0 Å². The van der Waals surface area contributed by atoms with E-state index < -0.39 is 32.7 Å². The first-order valence-corrected chi connectivity index (χ1v) is 10.3. The van der Waals surface area contributed by atoms with Crippen LogP contribution in [0.4, 0.5) is 13.2 Å². The first-order chi connectivity index (χ1) is 14.0. The largest absolute Gasteiger partial charge is 0.573 e. The van der Waals surface area contributed by atoms with Crippen LogP contribution >= 0.6 is 12.4 Å². The molecule has 0 atom stereocenters. The van der Waals surface area contributed by atoms with Crippen molar-refractivity contribution in [2.75, 3.05) is 13.1 Å². The molecular weight excluding hydrogens is 463 g/mol. The van der Waals surface area contributed by atoms with Crippen molar-refractivity contribution in [1.82, 2.24) is 5.32 Å². The molecule has 2 aromatic rings. The Morgan fingerprint density at radius 3 is 1.84 bits per heavy atom. The monoisotopic (exact) mass is 481 g/mol. The van der Waals surface area contributed by atoms with Gasteiger partial charge in [-0.1, -0.05) is 0 Å². The number of benzene rings is 2. The molecule has 3 rings (SSSR count). The minimum atomic E-state index is -4.80. The molecule has 0 saturated carbocycles. The van der Waals surface area contributed by atoms with Gasteiger partial charge in [-0.2, -0.15) is 0 Å². The number of carbonyl (C=O) groups is 1. The summed E-state index contributed by atoms with van der Waals surface area (Å²) in [5, 5.41) is 12.6. The standard InChI is InChI=1S/C19H18F3NO6S.ClH/c20-19(21,22)29-15-3-1-13(2-4-15)28-14-5-7-16(8-6-14)30(26,27)18(17(24)25)9-11-23-12-10-18;/h1-8,23H,9-12H2,(H,24,25);1H. The Morgan fingerprint density at radius 2 is 1.39 bits per heavy atom. The fraction of sp³-hybridized carbons (Fsp3) is 0.316. The lowest BCUT2D eigenvalue weighted by Crippen LogP contribution is -2.53.